The molecule has 0 aromatic heterocycles. The van der Waals surface area contributed by atoms with Gasteiger partial charge >= 0.3 is 0 Å². The number of rotatable bonds is 3. The zero-order valence-corrected chi connectivity index (χ0v) is 10.4. The number of halogens is 1. The Bertz CT molecular complexity index is 191. The molecule has 1 aliphatic heterocycles. The highest BCUT2D eigenvalue weighted by molar-refractivity contribution is 7.99. The van der Waals surface area contributed by atoms with Gasteiger partial charge in [-0.2, -0.15) is 11.8 Å². The molecule has 1 aliphatic rings. The normalized spacial score (nSPS) is 20.9. The lowest BCUT2D eigenvalue weighted by molar-refractivity contribution is -0.129. The zero-order chi connectivity index (χ0) is 10.6. The molecule has 0 radical (unpaired) electrons. The van der Waals surface area contributed by atoms with Crippen LogP contribution in [0, 0.1) is 5.92 Å². The first kappa shape index (κ1) is 12.2. The fourth-order valence-electron chi connectivity index (χ4n) is 1.82. The second-order valence-electron chi connectivity index (χ2n) is 3.83. The van der Waals surface area contributed by atoms with Gasteiger partial charge in [-0.15, -0.1) is 11.6 Å². The predicted octanol–water partition coefficient (Wildman–Crippen LogP) is 2.22. The Balaban J connectivity index is 2.31. The molecule has 0 aliphatic carbocycles. The van der Waals surface area contributed by atoms with Gasteiger partial charge in [0.1, 0.15) is 0 Å². The molecule has 1 fully saturated rings. The van der Waals surface area contributed by atoms with Crippen molar-refractivity contribution < 1.29 is 4.79 Å². The van der Waals surface area contributed by atoms with Crippen molar-refractivity contribution in [3.05, 3.63) is 0 Å². The highest BCUT2D eigenvalue weighted by Gasteiger charge is 2.24. The van der Waals surface area contributed by atoms with Crippen LogP contribution in [0.5, 0.6) is 0 Å². The smallest absolute Gasteiger partial charge is 0.232 e. The molecular formula is C10H18ClNOS. The van der Waals surface area contributed by atoms with E-state index in [0.717, 1.165) is 25.9 Å². The highest BCUT2D eigenvalue weighted by Crippen LogP contribution is 2.23. The summed E-state index contributed by atoms with van der Waals surface area (Å²) in [6.45, 7) is 3.83. The van der Waals surface area contributed by atoms with Gasteiger partial charge in [0.2, 0.25) is 5.91 Å². The second-order valence-corrected chi connectivity index (χ2v) is 5.38. The summed E-state index contributed by atoms with van der Waals surface area (Å²) >= 11 is 7.63. The van der Waals surface area contributed by atoms with Crippen molar-refractivity contribution in [2.45, 2.75) is 25.1 Å². The molecule has 1 amide bonds. The van der Waals surface area contributed by atoms with Gasteiger partial charge in [0, 0.05) is 18.5 Å². The Morgan fingerprint density at radius 3 is 2.57 bits per heavy atom. The first-order chi connectivity index (χ1) is 6.65. The lowest BCUT2D eigenvalue weighted by Crippen LogP contribution is -2.40. The van der Waals surface area contributed by atoms with Crippen LogP contribution in [-0.4, -0.2) is 41.3 Å². The minimum atomic E-state index is 0.243. The monoisotopic (exact) mass is 235 g/mol. The van der Waals surface area contributed by atoms with Gasteiger partial charge in [0.15, 0.2) is 0 Å². The van der Waals surface area contributed by atoms with Crippen LogP contribution in [-0.2, 0) is 4.79 Å². The van der Waals surface area contributed by atoms with E-state index in [1.807, 2.05) is 18.1 Å². The Labute approximate surface area is 95.4 Å². The lowest BCUT2D eigenvalue weighted by Gasteiger charge is -2.33. The molecule has 1 heterocycles. The van der Waals surface area contributed by atoms with Crippen molar-refractivity contribution in [3.8, 4) is 0 Å². The quantitative estimate of drug-likeness (QED) is 0.700. The van der Waals surface area contributed by atoms with E-state index in [4.69, 9.17) is 11.6 Å². The number of carbonyl (C=O) groups is 1. The van der Waals surface area contributed by atoms with Crippen molar-refractivity contribution in [3.63, 3.8) is 0 Å². The molecule has 1 saturated heterocycles. The fraction of sp³-hybridized carbons (Fsp3) is 0.900. The molecule has 14 heavy (non-hydrogen) atoms. The fourth-order valence-corrected chi connectivity index (χ4v) is 2.50. The lowest BCUT2D eigenvalue weighted by atomic mass is 9.94. The minimum absolute atomic E-state index is 0.243. The maximum absolute atomic E-state index is 11.5. The van der Waals surface area contributed by atoms with Crippen molar-refractivity contribution in [2.75, 3.05) is 25.1 Å². The van der Waals surface area contributed by atoms with Crippen molar-refractivity contribution >= 4 is 29.3 Å². The van der Waals surface area contributed by atoms with Crippen LogP contribution in [0.3, 0.4) is 0 Å². The number of likely N-dealkylation sites (tertiary alicyclic amines) is 1. The van der Waals surface area contributed by atoms with E-state index >= 15 is 0 Å². The molecule has 0 saturated carbocycles. The summed E-state index contributed by atoms with van der Waals surface area (Å²) in [6, 6.07) is 0. The van der Waals surface area contributed by atoms with Crippen molar-refractivity contribution in [1.29, 1.82) is 0 Å². The summed E-state index contributed by atoms with van der Waals surface area (Å²) < 4.78 is 0. The molecule has 1 unspecified atom stereocenters. The number of hydrogen-bond donors (Lipinski definition) is 0. The summed E-state index contributed by atoms with van der Waals surface area (Å²) in [5.74, 6) is 1.48. The Hall–Kier alpha value is 0.110. The van der Waals surface area contributed by atoms with E-state index in [9.17, 15) is 4.79 Å². The van der Waals surface area contributed by atoms with E-state index in [-0.39, 0.29) is 11.3 Å². The molecule has 0 bridgehead atoms. The van der Waals surface area contributed by atoms with Gasteiger partial charge in [-0.05, 0) is 31.9 Å². The molecule has 0 aromatic rings. The Morgan fingerprint density at radius 2 is 2.14 bits per heavy atom. The van der Waals surface area contributed by atoms with Crippen LogP contribution in [0.1, 0.15) is 19.8 Å². The van der Waals surface area contributed by atoms with Gasteiger partial charge in [0.25, 0.3) is 0 Å². The van der Waals surface area contributed by atoms with Crippen LogP contribution in [0.15, 0.2) is 0 Å². The topological polar surface area (TPSA) is 20.3 Å². The summed E-state index contributed by atoms with van der Waals surface area (Å²) in [5.41, 5.74) is 0. The molecule has 0 N–H and O–H groups in total. The maximum Gasteiger partial charge on any atom is 0.232 e. The van der Waals surface area contributed by atoms with E-state index in [1.54, 1.807) is 11.8 Å². The SMILES string of the molecule is CSCC(=O)N1CCC(C(C)Cl)CC1. The van der Waals surface area contributed by atoms with Crippen LogP contribution < -0.4 is 0 Å². The average Bonchev–Trinajstić information content (AvgIpc) is 2.18. The molecule has 82 valence electrons. The van der Waals surface area contributed by atoms with Crippen molar-refractivity contribution in [2.24, 2.45) is 5.92 Å². The number of hydrogen-bond acceptors (Lipinski definition) is 2. The number of piperidine rings is 1. The molecule has 1 rings (SSSR count). The molecular weight excluding hydrogens is 218 g/mol. The third-order valence-corrected chi connectivity index (χ3v) is 3.70. The standard InChI is InChI=1S/C10H18ClNOS/c1-8(11)9-3-5-12(6-4-9)10(13)7-14-2/h8-9H,3-7H2,1-2H3. The molecule has 1 atom stereocenters. The Kier molecular flexibility index (Phi) is 5.10. The van der Waals surface area contributed by atoms with E-state index in [0.29, 0.717) is 11.7 Å². The summed E-state index contributed by atoms with van der Waals surface area (Å²) in [4.78, 5) is 13.5. The first-order valence-electron chi connectivity index (χ1n) is 5.06. The van der Waals surface area contributed by atoms with Crippen LogP contribution >= 0.6 is 23.4 Å². The van der Waals surface area contributed by atoms with Crippen LogP contribution in [0.4, 0.5) is 0 Å². The molecule has 0 spiro atoms. The highest BCUT2D eigenvalue weighted by atomic mass is 35.5. The zero-order valence-electron chi connectivity index (χ0n) is 8.83. The third-order valence-electron chi connectivity index (χ3n) is 2.81. The maximum atomic E-state index is 11.5. The third kappa shape index (κ3) is 3.35. The van der Waals surface area contributed by atoms with Gasteiger partial charge in [0.05, 0.1) is 5.75 Å². The Morgan fingerprint density at radius 1 is 1.57 bits per heavy atom. The first-order valence-corrected chi connectivity index (χ1v) is 6.89. The number of carbonyl (C=O) groups excluding carboxylic acids is 1. The van der Waals surface area contributed by atoms with Crippen molar-refractivity contribution in [1.82, 2.24) is 4.90 Å². The number of thioether (sulfide) groups is 1. The summed E-state index contributed by atoms with van der Waals surface area (Å²) in [6.07, 6.45) is 4.08. The predicted molar refractivity (Wildman–Crippen MR) is 63.0 cm³/mol. The van der Waals surface area contributed by atoms with Crippen LogP contribution in [0.2, 0.25) is 0 Å². The van der Waals surface area contributed by atoms with E-state index < -0.39 is 0 Å². The number of alkyl halides is 1. The minimum Gasteiger partial charge on any atom is -0.342 e. The molecule has 2 nitrogen and oxygen atoms in total. The molecule has 4 heteroatoms. The number of nitrogens with zero attached hydrogens (tertiary/aromatic N) is 1. The van der Waals surface area contributed by atoms with Crippen LogP contribution in [0.25, 0.3) is 0 Å². The molecule has 0 aromatic carbocycles. The van der Waals surface area contributed by atoms with Gasteiger partial charge in [-0.1, -0.05) is 0 Å². The van der Waals surface area contributed by atoms with Gasteiger partial charge in [-0.25, -0.2) is 0 Å². The number of amides is 1. The summed E-state index contributed by atoms with van der Waals surface area (Å²) in [5, 5.41) is 0.243. The van der Waals surface area contributed by atoms with Gasteiger partial charge < -0.3 is 4.90 Å². The van der Waals surface area contributed by atoms with Gasteiger partial charge in [-0.3, -0.25) is 4.79 Å². The van der Waals surface area contributed by atoms with E-state index in [2.05, 4.69) is 0 Å². The van der Waals surface area contributed by atoms with E-state index in [1.165, 1.54) is 0 Å². The largest absolute Gasteiger partial charge is 0.342 e. The summed E-state index contributed by atoms with van der Waals surface area (Å²) in [7, 11) is 0. The second kappa shape index (κ2) is 5.86. The average molecular weight is 236 g/mol.